The Labute approximate surface area is 139 Å². The van der Waals surface area contributed by atoms with Gasteiger partial charge < -0.3 is 10.1 Å². The van der Waals surface area contributed by atoms with Gasteiger partial charge in [-0.05, 0) is 60.2 Å². The van der Waals surface area contributed by atoms with Crippen LogP contribution in [0.15, 0.2) is 36.4 Å². The van der Waals surface area contributed by atoms with Crippen LogP contribution in [-0.4, -0.2) is 21.9 Å². The Morgan fingerprint density at radius 1 is 1.13 bits per heavy atom. The van der Waals surface area contributed by atoms with Crippen LogP contribution in [0.2, 0.25) is 0 Å². The number of ether oxygens (including phenoxy) is 1. The molecule has 0 aliphatic heterocycles. The summed E-state index contributed by atoms with van der Waals surface area (Å²) >= 11 is 1.27. The second kappa shape index (κ2) is 6.26. The predicted molar refractivity (Wildman–Crippen MR) is 93.1 cm³/mol. The summed E-state index contributed by atoms with van der Waals surface area (Å²) in [6, 6.07) is 13.3. The van der Waals surface area contributed by atoms with Crippen LogP contribution in [0.3, 0.4) is 0 Å². The zero-order valence-electron chi connectivity index (χ0n) is 13.1. The fraction of sp³-hybridized carbons (Fsp3) is 0.333. The number of nitrogens with zero attached hydrogens (tertiary/aromatic N) is 2. The number of benzene rings is 2. The minimum absolute atomic E-state index is 0.513. The molecule has 118 valence electrons. The number of aromatic nitrogens is 2. The molecule has 1 aliphatic rings. The fourth-order valence-electron chi connectivity index (χ4n) is 3.23. The van der Waals surface area contributed by atoms with Crippen LogP contribution in [0, 0.1) is 0 Å². The third kappa shape index (κ3) is 3.07. The van der Waals surface area contributed by atoms with E-state index in [-0.39, 0.29) is 0 Å². The van der Waals surface area contributed by atoms with Crippen molar-refractivity contribution in [2.24, 2.45) is 0 Å². The van der Waals surface area contributed by atoms with Gasteiger partial charge in [0.05, 0.1) is 18.8 Å². The van der Waals surface area contributed by atoms with E-state index in [0.29, 0.717) is 6.04 Å². The van der Waals surface area contributed by atoms with Crippen molar-refractivity contribution >= 4 is 22.8 Å². The van der Waals surface area contributed by atoms with Gasteiger partial charge in [-0.25, -0.2) is 0 Å². The van der Waals surface area contributed by atoms with E-state index in [1.807, 2.05) is 0 Å². The summed E-state index contributed by atoms with van der Waals surface area (Å²) in [5.74, 6) is 0.950. The maximum absolute atomic E-state index is 5.35. The lowest BCUT2D eigenvalue weighted by Gasteiger charge is -2.26. The van der Waals surface area contributed by atoms with E-state index in [4.69, 9.17) is 4.74 Å². The monoisotopic (exact) mass is 325 g/mol. The van der Waals surface area contributed by atoms with Crippen molar-refractivity contribution in [1.82, 2.24) is 14.1 Å². The highest BCUT2D eigenvalue weighted by Crippen LogP contribution is 2.25. The van der Waals surface area contributed by atoms with Crippen molar-refractivity contribution in [1.29, 1.82) is 0 Å². The van der Waals surface area contributed by atoms with Gasteiger partial charge in [0.15, 0.2) is 0 Å². The first-order valence-corrected chi connectivity index (χ1v) is 8.65. The number of hydrogen-bond acceptors (Lipinski definition) is 5. The summed E-state index contributed by atoms with van der Waals surface area (Å²) in [7, 11) is 1.73. The standard InChI is InChI=1S/C18H19N3OS/c1-22-16-6-4-13-3-5-15(9-14(13)10-16)19-11-12-2-7-17-18(8-12)21-23-20-17/h2,4,6-8,10,15,19H,3,5,9,11H2,1H3. The van der Waals surface area contributed by atoms with Gasteiger partial charge in [0.25, 0.3) is 0 Å². The average Bonchev–Trinajstić information content (AvgIpc) is 3.07. The van der Waals surface area contributed by atoms with E-state index in [2.05, 4.69) is 50.5 Å². The van der Waals surface area contributed by atoms with Gasteiger partial charge in [-0.15, -0.1) is 0 Å². The van der Waals surface area contributed by atoms with Crippen molar-refractivity contribution in [3.8, 4) is 5.75 Å². The molecule has 1 atom stereocenters. The van der Waals surface area contributed by atoms with E-state index in [9.17, 15) is 0 Å². The largest absolute Gasteiger partial charge is 0.497 e. The zero-order valence-corrected chi connectivity index (χ0v) is 13.9. The number of hydrogen-bond donors (Lipinski definition) is 1. The molecule has 4 rings (SSSR count). The minimum Gasteiger partial charge on any atom is -0.497 e. The first kappa shape index (κ1) is 14.6. The molecular formula is C18H19N3OS. The number of nitrogens with one attached hydrogen (secondary N) is 1. The molecule has 0 radical (unpaired) electrons. The maximum atomic E-state index is 5.35. The molecule has 5 heteroatoms. The second-order valence-electron chi connectivity index (χ2n) is 6.04. The van der Waals surface area contributed by atoms with Crippen molar-refractivity contribution in [2.75, 3.05) is 7.11 Å². The summed E-state index contributed by atoms with van der Waals surface area (Å²) in [5.41, 5.74) is 6.11. The third-order valence-electron chi connectivity index (χ3n) is 4.55. The normalized spacial score (nSPS) is 17.2. The van der Waals surface area contributed by atoms with E-state index in [1.54, 1.807) is 7.11 Å². The van der Waals surface area contributed by atoms with E-state index < -0.39 is 0 Å². The van der Waals surface area contributed by atoms with Gasteiger partial charge in [0, 0.05) is 12.6 Å². The first-order chi connectivity index (χ1) is 11.3. The summed E-state index contributed by atoms with van der Waals surface area (Å²) in [5, 5.41) is 3.69. The summed E-state index contributed by atoms with van der Waals surface area (Å²) in [4.78, 5) is 0. The highest BCUT2D eigenvalue weighted by Gasteiger charge is 2.18. The maximum Gasteiger partial charge on any atom is 0.119 e. The lowest BCUT2D eigenvalue weighted by molar-refractivity contribution is 0.411. The lowest BCUT2D eigenvalue weighted by Crippen LogP contribution is -2.34. The number of methoxy groups -OCH3 is 1. The Morgan fingerprint density at radius 2 is 2.04 bits per heavy atom. The Kier molecular flexibility index (Phi) is 3.97. The number of aryl methyl sites for hydroxylation is 1. The SMILES string of the molecule is COc1ccc2c(c1)CC(NCc1ccc3nsnc3c1)CC2. The van der Waals surface area contributed by atoms with E-state index in [1.165, 1.54) is 34.8 Å². The van der Waals surface area contributed by atoms with Crippen LogP contribution in [0.1, 0.15) is 23.1 Å². The van der Waals surface area contributed by atoms with Crippen LogP contribution < -0.4 is 10.1 Å². The molecule has 0 saturated carbocycles. The van der Waals surface area contributed by atoms with Crippen LogP contribution in [0.4, 0.5) is 0 Å². The summed E-state index contributed by atoms with van der Waals surface area (Å²) in [6.45, 7) is 0.872. The molecule has 1 aliphatic carbocycles. The van der Waals surface area contributed by atoms with Gasteiger partial charge in [0.1, 0.15) is 16.8 Å². The van der Waals surface area contributed by atoms with Crippen molar-refractivity contribution in [3.05, 3.63) is 53.1 Å². The topological polar surface area (TPSA) is 47.0 Å². The van der Waals surface area contributed by atoms with Gasteiger partial charge in [-0.3, -0.25) is 0 Å². The molecule has 1 unspecified atom stereocenters. The Balaban J connectivity index is 1.43. The van der Waals surface area contributed by atoms with Crippen molar-refractivity contribution in [3.63, 3.8) is 0 Å². The number of fused-ring (bicyclic) bond motifs is 2. The molecular weight excluding hydrogens is 306 g/mol. The fourth-order valence-corrected chi connectivity index (χ4v) is 3.75. The van der Waals surface area contributed by atoms with Crippen molar-refractivity contribution in [2.45, 2.75) is 31.8 Å². The van der Waals surface area contributed by atoms with Crippen LogP contribution in [0.5, 0.6) is 5.75 Å². The molecule has 2 aromatic carbocycles. The molecule has 1 heterocycles. The molecule has 0 amide bonds. The van der Waals surface area contributed by atoms with Crippen LogP contribution in [0.25, 0.3) is 11.0 Å². The zero-order chi connectivity index (χ0) is 15.6. The number of rotatable bonds is 4. The van der Waals surface area contributed by atoms with Gasteiger partial charge in [-0.2, -0.15) is 8.75 Å². The van der Waals surface area contributed by atoms with E-state index in [0.717, 1.165) is 36.2 Å². The Bertz CT molecular complexity index is 830. The smallest absolute Gasteiger partial charge is 0.119 e. The van der Waals surface area contributed by atoms with Gasteiger partial charge in [-0.1, -0.05) is 12.1 Å². The van der Waals surface area contributed by atoms with Gasteiger partial charge in [0.2, 0.25) is 0 Å². The molecule has 1 N–H and O–H groups in total. The average molecular weight is 325 g/mol. The van der Waals surface area contributed by atoms with Crippen LogP contribution >= 0.6 is 11.7 Å². The molecule has 23 heavy (non-hydrogen) atoms. The lowest BCUT2D eigenvalue weighted by atomic mass is 9.88. The highest BCUT2D eigenvalue weighted by molar-refractivity contribution is 7.00. The van der Waals surface area contributed by atoms with Crippen LogP contribution in [-0.2, 0) is 19.4 Å². The molecule has 1 aromatic heterocycles. The molecule has 0 fully saturated rings. The third-order valence-corrected chi connectivity index (χ3v) is 5.11. The molecule has 3 aromatic rings. The van der Waals surface area contributed by atoms with Gasteiger partial charge >= 0.3 is 0 Å². The second-order valence-corrected chi connectivity index (χ2v) is 6.57. The molecule has 4 nitrogen and oxygen atoms in total. The van der Waals surface area contributed by atoms with E-state index >= 15 is 0 Å². The summed E-state index contributed by atoms with van der Waals surface area (Å²) in [6.07, 6.45) is 3.37. The highest BCUT2D eigenvalue weighted by atomic mass is 32.1. The predicted octanol–water partition coefficient (Wildman–Crippen LogP) is 3.35. The molecule has 0 bridgehead atoms. The molecule has 0 saturated heterocycles. The molecule has 0 spiro atoms. The summed E-state index contributed by atoms with van der Waals surface area (Å²) < 4.78 is 13.9. The Morgan fingerprint density at radius 3 is 2.96 bits per heavy atom. The Hall–Kier alpha value is -1.98. The minimum atomic E-state index is 0.513. The van der Waals surface area contributed by atoms with Crippen molar-refractivity contribution < 1.29 is 4.74 Å². The first-order valence-electron chi connectivity index (χ1n) is 7.92. The quantitative estimate of drug-likeness (QED) is 0.799.